The van der Waals surface area contributed by atoms with E-state index in [0.29, 0.717) is 37.6 Å². The lowest BCUT2D eigenvalue weighted by Crippen LogP contribution is -2.56. The maximum absolute atomic E-state index is 15.0. The Morgan fingerprint density at radius 3 is 2.52 bits per heavy atom. The van der Waals surface area contributed by atoms with Gasteiger partial charge in [-0.25, -0.2) is 9.45 Å². The molecule has 2 aliphatic rings. The fourth-order valence-electron chi connectivity index (χ4n) is 4.15. The Balaban J connectivity index is 1.40. The average molecular weight is 419 g/mol. The second-order valence-electron chi connectivity index (χ2n) is 7.64. The molecule has 7 heteroatoms. The standard InChI is InChI=1S/C22H24ClFN2O3/c23-17-5-1-15(2-6-17)13-26-22(28)21(10-12-29-26)25-11-9-19(20(24)14-25)16-3-7-18(27)8-4-16/h1-8,19-21,27H,9-14H2/t19?,20-,21?/m1/s1. The van der Waals surface area contributed by atoms with Gasteiger partial charge in [-0.2, -0.15) is 0 Å². The fourth-order valence-corrected chi connectivity index (χ4v) is 4.28. The topological polar surface area (TPSA) is 53.0 Å². The molecule has 3 atom stereocenters. The van der Waals surface area contributed by atoms with Crippen LogP contribution in [0.5, 0.6) is 5.75 Å². The fraction of sp³-hybridized carbons (Fsp3) is 0.409. The number of likely N-dealkylation sites (tertiary alicyclic amines) is 1. The molecule has 2 aromatic rings. The minimum atomic E-state index is -1.06. The Kier molecular flexibility index (Phi) is 6.04. The van der Waals surface area contributed by atoms with E-state index in [-0.39, 0.29) is 30.2 Å². The number of hydrogen-bond acceptors (Lipinski definition) is 4. The molecular formula is C22H24ClFN2O3. The molecule has 0 saturated carbocycles. The Labute approximate surface area is 174 Å². The lowest BCUT2D eigenvalue weighted by atomic mass is 9.87. The molecule has 29 heavy (non-hydrogen) atoms. The summed E-state index contributed by atoms with van der Waals surface area (Å²) in [5.74, 6) is -0.163. The van der Waals surface area contributed by atoms with Crippen LogP contribution in [0.2, 0.25) is 5.02 Å². The van der Waals surface area contributed by atoms with Crippen molar-refractivity contribution in [2.75, 3.05) is 19.7 Å². The summed E-state index contributed by atoms with van der Waals surface area (Å²) in [6.45, 7) is 1.64. The summed E-state index contributed by atoms with van der Waals surface area (Å²) in [5.41, 5.74) is 1.82. The van der Waals surface area contributed by atoms with Crippen molar-refractivity contribution in [3.8, 4) is 5.75 Å². The number of benzene rings is 2. The summed E-state index contributed by atoms with van der Waals surface area (Å²) in [5, 5.41) is 11.5. The van der Waals surface area contributed by atoms with Gasteiger partial charge in [0.2, 0.25) is 0 Å². The Morgan fingerprint density at radius 1 is 1.10 bits per heavy atom. The van der Waals surface area contributed by atoms with Gasteiger partial charge in [0.05, 0.1) is 19.2 Å². The molecule has 2 unspecified atom stereocenters. The predicted molar refractivity (Wildman–Crippen MR) is 108 cm³/mol. The van der Waals surface area contributed by atoms with E-state index in [9.17, 15) is 14.3 Å². The van der Waals surface area contributed by atoms with Gasteiger partial charge in [0.25, 0.3) is 5.91 Å². The van der Waals surface area contributed by atoms with E-state index in [2.05, 4.69) is 0 Å². The number of amides is 1. The summed E-state index contributed by atoms with van der Waals surface area (Å²) in [6, 6.07) is 13.7. The average Bonchev–Trinajstić information content (AvgIpc) is 2.72. The SMILES string of the molecule is O=C1C(N2CCC(c3ccc(O)cc3)[C@H](F)C2)CCON1Cc1ccc(Cl)cc1. The Hall–Kier alpha value is -2.15. The number of halogens is 2. The summed E-state index contributed by atoms with van der Waals surface area (Å²) >= 11 is 5.92. The Morgan fingerprint density at radius 2 is 1.83 bits per heavy atom. The zero-order valence-corrected chi connectivity index (χ0v) is 16.8. The van der Waals surface area contributed by atoms with Gasteiger partial charge in [-0.15, -0.1) is 0 Å². The molecule has 1 N–H and O–H groups in total. The molecule has 5 nitrogen and oxygen atoms in total. The highest BCUT2D eigenvalue weighted by Gasteiger charge is 2.39. The zero-order chi connectivity index (χ0) is 20.4. The summed E-state index contributed by atoms with van der Waals surface area (Å²) in [4.78, 5) is 20.5. The van der Waals surface area contributed by atoms with Crippen LogP contribution in [-0.2, 0) is 16.2 Å². The summed E-state index contributed by atoms with van der Waals surface area (Å²) in [7, 11) is 0. The number of carbonyl (C=O) groups is 1. The van der Waals surface area contributed by atoms with Gasteiger partial charge in [0.15, 0.2) is 0 Å². The number of alkyl halides is 1. The van der Waals surface area contributed by atoms with Gasteiger partial charge in [0.1, 0.15) is 11.9 Å². The highest BCUT2D eigenvalue weighted by molar-refractivity contribution is 6.30. The first-order valence-electron chi connectivity index (χ1n) is 9.87. The monoisotopic (exact) mass is 418 g/mol. The van der Waals surface area contributed by atoms with Gasteiger partial charge < -0.3 is 5.11 Å². The van der Waals surface area contributed by atoms with Crippen molar-refractivity contribution in [3.63, 3.8) is 0 Å². The Bertz CT molecular complexity index is 846. The molecule has 2 heterocycles. The molecule has 0 spiro atoms. The van der Waals surface area contributed by atoms with Crippen LogP contribution in [0.1, 0.15) is 29.9 Å². The smallest absolute Gasteiger partial charge is 0.263 e. The number of phenols is 1. The molecule has 0 bridgehead atoms. The quantitative estimate of drug-likeness (QED) is 0.818. The molecule has 0 radical (unpaired) electrons. The van der Waals surface area contributed by atoms with E-state index in [0.717, 1.165) is 11.1 Å². The maximum Gasteiger partial charge on any atom is 0.263 e. The highest BCUT2D eigenvalue weighted by Crippen LogP contribution is 2.33. The van der Waals surface area contributed by atoms with Crippen LogP contribution in [0.15, 0.2) is 48.5 Å². The van der Waals surface area contributed by atoms with Crippen LogP contribution in [0, 0.1) is 0 Å². The van der Waals surface area contributed by atoms with Gasteiger partial charge >= 0.3 is 0 Å². The van der Waals surface area contributed by atoms with Gasteiger partial charge in [-0.1, -0.05) is 35.9 Å². The van der Waals surface area contributed by atoms with E-state index in [1.54, 1.807) is 36.4 Å². The number of hydroxylamine groups is 2. The van der Waals surface area contributed by atoms with E-state index in [4.69, 9.17) is 16.4 Å². The number of phenolic OH excluding ortho intramolecular Hbond substituents is 1. The third kappa shape index (κ3) is 4.55. The van der Waals surface area contributed by atoms with E-state index in [1.165, 1.54) is 5.06 Å². The summed E-state index contributed by atoms with van der Waals surface area (Å²) in [6.07, 6.45) is 0.133. The molecular weight excluding hydrogens is 395 g/mol. The number of carbonyl (C=O) groups excluding carboxylic acids is 1. The number of aromatic hydroxyl groups is 1. The minimum absolute atomic E-state index is 0.124. The van der Waals surface area contributed by atoms with Crippen LogP contribution in [-0.4, -0.2) is 52.9 Å². The highest BCUT2D eigenvalue weighted by atomic mass is 35.5. The lowest BCUT2D eigenvalue weighted by Gasteiger charge is -2.42. The molecule has 2 fully saturated rings. The van der Waals surface area contributed by atoms with Crippen molar-refractivity contribution in [2.45, 2.75) is 37.5 Å². The van der Waals surface area contributed by atoms with Crippen molar-refractivity contribution >= 4 is 17.5 Å². The van der Waals surface area contributed by atoms with Gasteiger partial charge in [-0.3, -0.25) is 14.5 Å². The number of piperidine rings is 1. The van der Waals surface area contributed by atoms with Gasteiger partial charge in [0, 0.05) is 17.5 Å². The molecule has 4 rings (SSSR count). The molecule has 154 valence electrons. The van der Waals surface area contributed by atoms with Crippen molar-refractivity contribution in [1.82, 2.24) is 9.96 Å². The van der Waals surface area contributed by atoms with E-state index >= 15 is 0 Å². The van der Waals surface area contributed by atoms with E-state index in [1.807, 2.05) is 17.0 Å². The van der Waals surface area contributed by atoms with Crippen LogP contribution in [0.4, 0.5) is 4.39 Å². The summed E-state index contributed by atoms with van der Waals surface area (Å²) < 4.78 is 15.0. The molecule has 2 saturated heterocycles. The van der Waals surface area contributed by atoms with Crippen LogP contribution < -0.4 is 0 Å². The van der Waals surface area contributed by atoms with Crippen LogP contribution >= 0.6 is 11.6 Å². The second kappa shape index (κ2) is 8.69. The van der Waals surface area contributed by atoms with Gasteiger partial charge in [-0.05, 0) is 54.8 Å². The van der Waals surface area contributed by atoms with Crippen molar-refractivity contribution in [3.05, 3.63) is 64.7 Å². The largest absolute Gasteiger partial charge is 0.508 e. The third-order valence-corrected chi connectivity index (χ3v) is 6.00. The first-order valence-corrected chi connectivity index (χ1v) is 10.2. The second-order valence-corrected chi connectivity index (χ2v) is 8.07. The van der Waals surface area contributed by atoms with Crippen molar-refractivity contribution in [1.29, 1.82) is 0 Å². The van der Waals surface area contributed by atoms with Crippen LogP contribution in [0.25, 0.3) is 0 Å². The van der Waals surface area contributed by atoms with Crippen LogP contribution in [0.3, 0.4) is 0 Å². The van der Waals surface area contributed by atoms with Crippen molar-refractivity contribution in [2.24, 2.45) is 0 Å². The lowest BCUT2D eigenvalue weighted by molar-refractivity contribution is -0.212. The molecule has 2 aliphatic heterocycles. The first kappa shape index (κ1) is 20.1. The number of nitrogens with zero attached hydrogens (tertiary/aromatic N) is 2. The minimum Gasteiger partial charge on any atom is -0.508 e. The zero-order valence-electron chi connectivity index (χ0n) is 16.0. The number of hydrogen-bond donors (Lipinski definition) is 1. The van der Waals surface area contributed by atoms with E-state index < -0.39 is 6.17 Å². The first-order chi connectivity index (χ1) is 14.0. The molecule has 0 aliphatic carbocycles. The predicted octanol–water partition coefficient (Wildman–Crippen LogP) is 3.91. The molecule has 1 amide bonds. The molecule has 2 aromatic carbocycles. The normalized spacial score (nSPS) is 25.9. The molecule has 0 aromatic heterocycles. The number of rotatable bonds is 4. The van der Waals surface area contributed by atoms with Crippen molar-refractivity contribution < 1.29 is 19.1 Å². The maximum atomic E-state index is 15.0. The third-order valence-electron chi connectivity index (χ3n) is 5.74.